The van der Waals surface area contributed by atoms with Gasteiger partial charge < -0.3 is 10.2 Å². The zero-order valence-electron chi connectivity index (χ0n) is 13.9. The summed E-state index contributed by atoms with van der Waals surface area (Å²) in [5, 5.41) is 17.2. The summed E-state index contributed by atoms with van der Waals surface area (Å²) in [7, 11) is 2.03. The highest BCUT2D eigenvalue weighted by atomic mass is 35.5. The van der Waals surface area contributed by atoms with Gasteiger partial charge in [-0.25, -0.2) is 15.0 Å². The lowest BCUT2D eigenvalue weighted by atomic mass is 10.3. The molecule has 2 aromatic rings. The summed E-state index contributed by atoms with van der Waals surface area (Å²) in [5.74, 6) is 0.206. The number of halogens is 2. The first-order chi connectivity index (χ1) is 12.4. The predicted octanol–water partition coefficient (Wildman–Crippen LogP) is 3.01. The van der Waals surface area contributed by atoms with E-state index in [1.54, 1.807) is 18.2 Å². The lowest BCUT2D eigenvalue weighted by Gasteiger charge is -2.32. The van der Waals surface area contributed by atoms with E-state index in [4.69, 9.17) is 23.2 Å². The standard InChI is InChI=1S/C15H17Cl2N7O2/c1-22-4-6-23(7-5-22)21-15-13(24(25)26)14(18-9-19-15)20-10-2-3-11(16)12(17)8-10/h2-3,8-9H,4-7H2,1H3,(H2,18,19,20,21). The molecule has 0 bridgehead atoms. The average molecular weight is 398 g/mol. The van der Waals surface area contributed by atoms with Crippen molar-refractivity contribution in [3.63, 3.8) is 0 Å². The molecule has 26 heavy (non-hydrogen) atoms. The molecule has 1 saturated heterocycles. The summed E-state index contributed by atoms with van der Waals surface area (Å²) in [6, 6.07) is 4.83. The van der Waals surface area contributed by atoms with Gasteiger partial charge in [-0.15, -0.1) is 0 Å². The molecule has 0 amide bonds. The van der Waals surface area contributed by atoms with Gasteiger partial charge >= 0.3 is 5.69 Å². The van der Waals surface area contributed by atoms with Gasteiger partial charge in [0.05, 0.1) is 15.0 Å². The second-order valence-electron chi connectivity index (χ2n) is 5.83. The Kier molecular flexibility index (Phi) is 5.72. The number of hydrogen-bond acceptors (Lipinski definition) is 8. The number of nitro groups is 1. The van der Waals surface area contributed by atoms with Crippen molar-refractivity contribution in [2.24, 2.45) is 0 Å². The van der Waals surface area contributed by atoms with Gasteiger partial charge in [-0.3, -0.25) is 15.5 Å². The van der Waals surface area contributed by atoms with E-state index in [9.17, 15) is 10.1 Å². The van der Waals surface area contributed by atoms with Crippen LogP contribution in [0.25, 0.3) is 0 Å². The molecule has 138 valence electrons. The molecule has 0 spiro atoms. The molecular weight excluding hydrogens is 381 g/mol. The van der Waals surface area contributed by atoms with Crippen molar-refractivity contribution in [3.05, 3.63) is 44.7 Å². The molecule has 0 atom stereocenters. The Morgan fingerprint density at radius 1 is 1.12 bits per heavy atom. The molecule has 2 N–H and O–H groups in total. The molecule has 1 aromatic heterocycles. The predicted molar refractivity (Wildman–Crippen MR) is 101 cm³/mol. The Morgan fingerprint density at radius 3 is 2.46 bits per heavy atom. The molecule has 0 unspecified atom stereocenters. The molecule has 9 nitrogen and oxygen atoms in total. The SMILES string of the molecule is CN1CCN(Nc2ncnc(Nc3ccc(Cl)c(Cl)c3)c2[N+](=O)[O-])CC1. The summed E-state index contributed by atoms with van der Waals surface area (Å²) in [6.45, 7) is 3.18. The van der Waals surface area contributed by atoms with Gasteiger partial charge in [-0.05, 0) is 25.2 Å². The van der Waals surface area contributed by atoms with Crippen LogP contribution >= 0.6 is 23.2 Å². The lowest BCUT2D eigenvalue weighted by molar-refractivity contribution is -0.383. The van der Waals surface area contributed by atoms with Crippen LogP contribution in [0.1, 0.15) is 0 Å². The van der Waals surface area contributed by atoms with Crippen LogP contribution in [0.3, 0.4) is 0 Å². The Labute approximate surface area is 160 Å². The van der Waals surface area contributed by atoms with Crippen LogP contribution in [0, 0.1) is 10.1 Å². The van der Waals surface area contributed by atoms with Crippen LogP contribution in [0.2, 0.25) is 10.0 Å². The third-order valence-electron chi connectivity index (χ3n) is 3.95. The van der Waals surface area contributed by atoms with Gasteiger partial charge in [0.1, 0.15) is 6.33 Å². The fraction of sp³-hybridized carbons (Fsp3) is 0.333. The molecule has 0 radical (unpaired) electrons. The third-order valence-corrected chi connectivity index (χ3v) is 4.69. The summed E-state index contributed by atoms with van der Waals surface area (Å²) in [6.07, 6.45) is 1.27. The van der Waals surface area contributed by atoms with Crippen molar-refractivity contribution < 1.29 is 4.92 Å². The molecule has 1 aromatic carbocycles. The molecule has 1 aliphatic heterocycles. The van der Waals surface area contributed by atoms with Crippen molar-refractivity contribution in [3.8, 4) is 0 Å². The van der Waals surface area contributed by atoms with E-state index in [0.29, 0.717) is 15.7 Å². The maximum absolute atomic E-state index is 11.6. The van der Waals surface area contributed by atoms with Crippen molar-refractivity contribution in [2.45, 2.75) is 0 Å². The maximum Gasteiger partial charge on any atom is 0.354 e. The first-order valence-electron chi connectivity index (χ1n) is 7.85. The largest absolute Gasteiger partial charge is 0.354 e. The van der Waals surface area contributed by atoms with E-state index in [0.717, 1.165) is 26.2 Å². The quantitative estimate of drug-likeness (QED) is 0.586. The van der Waals surface area contributed by atoms with Crippen LogP contribution in [0.4, 0.5) is 23.0 Å². The van der Waals surface area contributed by atoms with Crippen molar-refractivity contribution in [1.29, 1.82) is 0 Å². The first kappa shape index (κ1) is 18.6. The number of hydrogen-bond donors (Lipinski definition) is 2. The number of anilines is 3. The second-order valence-corrected chi connectivity index (χ2v) is 6.65. The number of aromatic nitrogens is 2. The Balaban J connectivity index is 1.86. The molecule has 1 aliphatic rings. The number of rotatable bonds is 5. The average Bonchev–Trinajstić information content (AvgIpc) is 2.60. The van der Waals surface area contributed by atoms with Crippen molar-refractivity contribution in [1.82, 2.24) is 19.9 Å². The van der Waals surface area contributed by atoms with Crippen LogP contribution in [0.5, 0.6) is 0 Å². The van der Waals surface area contributed by atoms with Gasteiger partial charge in [-0.1, -0.05) is 23.2 Å². The Hall–Kier alpha value is -2.20. The van der Waals surface area contributed by atoms with Crippen LogP contribution in [0.15, 0.2) is 24.5 Å². The molecular formula is C15H17Cl2N7O2. The van der Waals surface area contributed by atoms with Gasteiger partial charge in [-0.2, -0.15) is 0 Å². The molecule has 1 fully saturated rings. The highest BCUT2D eigenvalue weighted by Crippen LogP contribution is 2.33. The van der Waals surface area contributed by atoms with Gasteiger partial charge in [0.25, 0.3) is 0 Å². The molecule has 11 heteroatoms. The van der Waals surface area contributed by atoms with Crippen molar-refractivity contribution >= 4 is 46.2 Å². The highest BCUT2D eigenvalue weighted by molar-refractivity contribution is 6.42. The van der Waals surface area contributed by atoms with E-state index in [2.05, 4.69) is 25.6 Å². The lowest BCUT2D eigenvalue weighted by Crippen LogP contribution is -2.47. The summed E-state index contributed by atoms with van der Waals surface area (Å²) in [5.41, 5.74) is 3.32. The van der Waals surface area contributed by atoms with Gasteiger partial charge in [0.15, 0.2) is 0 Å². The fourth-order valence-corrected chi connectivity index (χ4v) is 2.80. The molecule has 2 heterocycles. The minimum Gasteiger partial charge on any atom is -0.334 e. The van der Waals surface area contributed by atoms with Gasteiger partial charge in [0.2, 0.25) is 11.6 Å². The summed E-state index contributed by atoms with van der Waals surface area (Å²) in [4.78, 5) is 21.3. The minimum absolute atomic E-state index is 0.0695. The highest BCUT2D eigenvalue weighted by Gasteiger charge is 2.25. The summed E-state index contributed by atoms with van der Waals surface area (Å²) >= 11 is 11.9. The Morgan fingerprint density at radius 2 is 1.81 bits per heavy atom. The second kappa shape index (κ2) is 8.00. The zero-order valence-corrected chi connectivity index (χ0v) is 15.5. The normalized spacial score (nSPS) is 15.7. The number of likely N-dealkylation sites (N-methyl/N-ethyl adjacent to an activating group) is 1. The van der Waals surface area contributed by atoms with E-state index in [1.807, 2.05) is 12.1 Å². The third kappa shape index (κ3) is 4.31. The number of piperazine rings is 1. The zero-order chi connectivity index (χ0) is 18.7. The monoisotopic (exact) mass is 397 g/mol. The first-order valence-corrected chi connectivity index (χ1v) is 8.61. The van der Waals surface area contributed by atoms with E-state index in [-0.39, 0.29) is 17.3 Å². The number of nitrogens with zero attached hydrogens (tertiary/aromatic N) is 5. The number of benzene rings is 1. The number of hydrazine groups is 1. The summed E-state index contributed by atoms with van der Waals surface area (Å²) < 4.78 is 0. The van der Waals surface area contributed by atoms with E-state index >= 15 is 0 Å². The maximum atomic E-state index is 11.6. The van der Waals surface area contributed by atoms with Gasteiger partial charge in [0, 0.05) is 31.9 Å². The molecule has 0 aliphatic carbocycles. The van der Waals surface area contributed by atoms with Crippen LogP contribution in [-0.2, 0) is 0 Å². The molecule has 3 rings (SSSR count). The van der Waals surface area contributed by atoms with E-state index < -0.39 is 4.92 Å². The fourth-order valence-electron chi connectivity index (χ4n) is 2.50. The Bertz CT molecular complexity index is 813. The smallest absolute Gasteiger partial charge is 0.334 e. The van der Waals surface area contributed by atoms with E-state index in [1.165, 1.54) is 6.33 Å². The van der Waals surface area contributed by atoms with Crippen molar-refractivity contribution in [2.75, 3.05) is 44.0 Å². The topological polar surface area (TPSA) is 99.5 Å². The molecule has 0 saturated carbocycles. The van der Waals surface area contributed by atoms with Crippen LogP contribution < -0.4 is 10.7 Å². The van der Waals surface area contributed by atoms with Crippen LogP contribution in [-0.4, -0.2) is 58.0 Å². The minimum atomic E-state index is -0.516. The number of nitrogens with one attached hydrogen (secondary N) is 2.